The summed E-state index contributed by atoms with van der Waals surface area (Å²) < 4.78 is 398. The number of carbonyl (C=O) groups is 2. The first kappa shape index (κ1) is 49.8. The van der Waals surface area contributed by atoms with E-state index >= 15 is 0 Å². The van der Waals surface area contributed by atoms with Crippen LogP contribution in [0, 0.1) is 0 Å². The second-order valence-corrected chi connectivity index (χ2v) is 9.65. The molecule has 0 radical (unpaired) electrons. The summed E-state index contributed by atoms with van der Waals surface area (Å²) >= 11 is 0. The zero-order valence-electron chi connectivity index (χ0n) is 23.1. The van der Waals surface area contributed by atoms with Gasteiger partial charge in [-0.05, 0) is 0 Å². The fourth-order valence-electron chi connectivity index (χ4n) is 2.74. The molecule has 0 unspecified atom stereocenters. The maximum atomic E-state index is 13.6. The van der Waals surface area contributed by atoms with Crippen LogP contribution in [0.2, 0.25) is 0 Å². The number of rotatable bonds is 16. The zero-order valence-corrected chi connectivity index (χ0v) is 23.1. The highest BCUT2D eigenvalue weighted by Gasteiger charge is 2.95. The highest BCUT2D eigenvalue weighted by molar-refractivity contribution is 5.91. The Balaban J connectivity index is 6.06. The summed E-state index contributed by atoms with van der Waals surface area (Å²) in [5.74, 6) is -107. The molecule has 0 aromatic heterocycles. The van der Waals surface area contributed by atoms with Gasteiger partial charge in [-0.2, -0.15) is 132 Å². The first-order valence-corrected chi connectivity index (χ1v) is 11.5. The van der Waals surface area contributed by atoms with Crippen molar-refractivity contribution in [2.75, 3.05) is 13.2 Å². The molecule has 0 saturated heterocycles. The summed E-state index contributed by atoms with van der Waals surface area (Å²) in [6.07, 6.45) is -18.9. The lowest BCUT2D eigenvalue weighted by atomic mass is 9.91. The SMILES string of the molecule is O=C(CC(=O)OCC(F)(F)C(F)(F)C(F)(F)C(F)(F)C(F)(F)C(F)(F)C(F)(F)F)OCC(F)(F)C(F)(F)C(F)(F)C(F)(F)C(F)(F)C(F)(F)C(F)(F)F. The zero-order chi connectivity index (χ0) is 43.7. The van der Waals surface area contributed by atoms with E-state index in [1.54, 1.807) is 0 Å². The number of esters is 2. The fourth-order valence-corrected chi connectivity index (χ4v) is 2.74. The largest absolute Gasteiger partial charge is 0.460 e. The number of hydrogen-bond acceptors (Lipinski definition) is 4. The number of carbonyl (C=O) groups excluding carboxylic acids is 2. The molecule has 0 aromatic rings. The molecule has 0 bridgehead atoms. The average Bonchev–Trinajstić information content (AvgIpc) is 2.92. The van der Waals surface area contributed by atoms with Crippen LogP contribution in [-0.4, -0.2) is 109 Å². The molecule has 0 heterocycles. The van der Waals surface area contributed by atoms with E-state index in [0.29, 0.717) is 0 Å². The second-order valence-electron chi connectivity index (χ2n) is 9.65. The van der Waals surface area contributed by atoms with Gasteiger partial charge < -0.3 is 9.47 Å². The lowest BCUT2D eigenvalue weighted by Crippen LogP contribution is -2.73. The van der Waals surface area contributed by atoms with Gasteiger partial charge in [0.1, 0.15) is 6.42 Å². The third-order valence-electron chi connectivity index (χ3n) is 5.90. The van der Waals surface area contributed by atoms with E-state index in [-0.39, 0.29) is 0 Å². The number of ether oxygens (including phenoxy) is 2. The first-order valence-electron chi connectivity index (χ1n) is 11.5. The lowest BCUT2D eigenvalue weighted by Gasteiger charge is -2.41. The maximum Gasteiger partial charge on any atom is 0.460 e. The highest BCUT2D eigenvalue weighted by atomic mass is 19.4. The smallest absolute Gasteiger partial charge is 0.459 e. The van der Waals surface area contributed by atoms with Crippen LogP contribution in [-0.2, 0) is 19.1 Å². The molecule has 0 saturated carbocycles. The van der Waals surface area contributed by atoms with Crippen molar-refractivity contribution >= 4 is 11.9 Å². The molecular weight excluding hydrogens is 862 g/mol. The van der Waals surface area contributed by atoms with Gasteiger partial charge >= 0.3 is 95.4 Å². The quantitative estimate of drug-likeness (QED) is 0.0883. The van der Waals surface area contributed by atoms with Crippen molar-refractivity contribution in [1.82, 2.24) is 0 Å². The van der Waals surface area contributed by atoms with E-state index in [1.807, 2.05) is 0 Å². The molecule has 0 rings (SSSR count). The number of alkyl halides is 30. The summed E-state index contributed by atoms with van der Waals surface area (Å²) in [7, 11) is 0. The van der Waals surface area contributed by atoms with Gasteiger partial charge in [0.25, 0.3) is 0 Å². The summed E-state index contributed by atoms with van der Waals surface area (Å²) in [6, 6.07) is 0. The minimum absolute atomic E-state index is 2.81. The van der Waals surface area contributed by atoms with Crippen LogP contribution in [0.1, 0.15) is 6.42 Å². The van der Waals surface area contributed by atoms with Crippen LogP contribution in [0.25, 0.3) is 0 Å². The van der Waals surface area contributed by atoms with Crippen molar-refractivity contribution < 1.29 is 151 Å². The standard InChI is InChI=1S/C19H6F30O4/c20-6(21,8(24,25)10(28,29)12(32,33)14(36,37)16(40,41)18(44,45)46)2-52-4(50)1-5(51)53-3-7(22,23)9(26,27)11(30,31)13(34,35)15(38,39)17(42,43)19(47,48)49/h1-3H2. The lowest BCUT2D eigenvalue weighted by molar-refractivity contribution is -0.453. The van der Waals surface area contributed by atoms with E-state index in [2.05, 4.69) is 9.47 Å². The molecule has 53 heavy (non-hydrogen) atoms. The van der Waals surface area contributed by atoms with Crippen molar-refractivity contribution in [3.8, 4) is 0 Å². The summed E-state index contributed by atoms with van der Waals surface area (Å²) in [5.41, 5.74) is 0. The summed E-state index contributed by atoms with van der Waals surface area (Å²) in [6.45, 7) is -7.99. The van der Waals surface area contributed by atoms with Gasteiger partial charge in [0.05, 0.1) is 0 Å². The molecule has 0 spiro atoms. The van der Waals surface area contributed by atoms with Crippen molar-refractivity contribution in [2.24, 2.45) is 0 Å². The van der Waals surface area contributed by atoms with E-state index in [4.69, 9.17) is 0 Å². The molecule has 0 aliphatic carbocycles. The molecule has 0 aliphatic heterocycles. The van der Waals surface area contributed by atoms with Crippen LogP contribution in [0.15, 0.2) is 0 Å². The maximum absolute atomic E-state index is 13.6. The Labute approximate surface area is 267 Å². The molecule has 0 aromatic carbocycles. The van der Waals surface area contributed by atoms with Crippen molar-refractivity contribution in [3.63, 3.8) is 0 Å². The first-order chi connectivity index (χ1) is 22.5. The van der Waals surface area contributed by atoms with E-state index in [0.717, 1.165) is 0 Å². The van der Waals surface area contributed by atoms with Gasteiger partial charge in [-0.15, -0.1) is 0 Å². The fraction of sp³-hybridized carbons (Fsp3) is 0.895. The van der Waals surface area contributed by atoms with Gasteiger partial charge in [0.2, 0.25) is 0 Å². The summed E-state index contributed by atoms with van der Waals surface area (Å²) in [5, 5.41) is 0. The van der Waals surface area contributed by atoms with Crippen LogP contribution in [0.4, 0.5) is 132 Å². The molecule has 0 amide bonds. The number of halogens is 30. The van der Waals surface area contributed by atoms with Crippen LogP contribution in [0.5, 0.6) is 0 Å². The molecular formula is C19H6F30O4. The molecule has 0 aliphatic rings. The van der Waals surface area contributed by atoms with E-state index in [9.17, 15) is 141 Å². The molecule has 0 N–H and O–H groups in total. The Morgan fingerprint density at radius 1 is 0.283 bits per heavy atom. The Kier molecular flexibility index (Phi) is 12.5. The third-order valence-corrected chi connectivity index (χ3v) is 5.90. The topological polar surface area (TPSA) is 52.6 Å². The van der Waals surface area contributed by atoms with Gasteiger partial charge in [-0.1, -0.05) is 0 Å². The van der Waals surface area contributed by atoms with Crippen LogP contribution in [0.3, 0.4) is 0 Å². The normalized spacial score (nSPS) is 16.1. The Hall–Kier alpha value is -3.16. The molecule has 34 heteroatoms. The van der Waals surface area contributed by atoms with Gasteiger partial charge in [0, 0.05) is 0 Å². The van der Waals surface area contributed by atoms with Crippen LogP contribution >= 0.6 is 0 Å². The molecule has 0 fully saturated rings. The third kappa shape index (κ3) is 7.34. The predicted octanol–water partition coefficient (Wildman–Crippen LogP) is 9.21. The minimum Gasteiger partial charge on any atom is -0.459 e. The molecule has 316 valence electrons. The van der Waals surface area contributed by atoms with Crippen molar-refractivity contribution in [3.05, 3.63) is 0 Å². The van der Waals surface area contributed by atoms with Gasteiger partial charge in [0.15, 0.2) is 13.2 Å². The van der Waals surface area contributed by atoms with Gasteiger partial charge in [-0.25, -0.2) is 0 Å². The van der Waals surface area contributed by atoms with E-state index in [1.165, 1.54) is 0 Å². The minimum atomic E-state index is -8.83. The van der Waals surface area contributed by atoms with E-state index < -0.39 is 115 Å². The van der Waals surface area contributed by atoms with Crippen molar-refractivity contribution in [2.45, 2.75) is 89.8 Å². The second kappa shape index (κ2) is 13.3. The molecule has 0 atom stereocenters. The van der Waals surface area contributed by atoms with Gasteiger partial charge in [-0.3, -0.25) is 9.59 Å². The van der Waals surface area contributed by atoms with Crippen molar-refractivity contribution in [1.29, 1.82) is 0 Å². The number of hydrogen-bond donors (Lipinski definition) is 0. The monoisotopic (exact) mass is 868 g/mol. The Bertz CT molecular complexity index is 1240. The predicted molar refractivity (Wildman–Crippen MR) is 98.0 cm³/mol. The van der Waals surface area contributed by atoms with Crippen LogP contribution < -0.4 is 0 Å². The Morgan fingerprint density at radius 3 is 0.642 bits per heavy atom. The highest BCUT2D eigenvalue weighted by Crippen LogP contribution is 2.64. The Morgan fingerprint density at radius 2 is 0.453 bits per heavy atom. The summed E-state index contributed by atoms with van der Waals surface area (Å²) in [4.78, 5) is 22.4. The molecule has 4 nitrogen and oxygen atoms in total. The average molecular weight is 868 g/mol.